The number of nitrogens with zero attached hydrogens (tertiary/aromatic N) is 2. The molecule has 0 aliphatic carbocycles. The van der Waals surface area contributed by atoms with E-state index in [0.717, 1.165) is 11.3 Å². The number of methoxy groups -OCH3 is 1. The predicted octanol–water partition coefficient (Wildman–Crippen LogP) is 2.42. The Bertz CT molecular complexity index is 509. The van der Waals surface area contributed by atoms with Crippen molar-refractivity contribution in [3.8, 4) is 23.1 Å². The lowest BCUT2D eigenvalue weighted by molar-refractivity contribution is 0.414. The molecule has 0 aliphatic heterocycles. The first kappa shape index (κ1) is 10.2. The van der Waals surface area contributed by atoms with E-state index in [-0.39, 0.29) is 6.42 Å². The summed E-state index contributed by atoms with van der Waals surface area (Å²) in [6.45, 7) is 0. The normalized spacial score (nSPS) is 9.75. The van der Waals surface area contributed by atoms with Crippen LogP contribution in [0.3, 0.4) is 0 Å². The van der Waals surface area contributed by atoms with Crippen LogP contribution < -0.4 is 4.74 Å². The quantitative estimate of drug-likeness (QED) is 0.787. The summed E-state index contributed by atoms with van der Waals surface area (Å²) in [4.78, 5) is 0. The first-order valence-electron chi connectivity index (χ1n) is 4.80. The van der Waals surface area contributed by atoms with Gasteiger partial charge in [0.15, 0.2) is 5.76 Å². The van der Waals surface area contributed by atoms with Gasteiger partial charge >= 0.3 is 0 Å². The molecular weight excluding hydrogens is 204 g/mol. The molecule has 4 heteroatoms. The van der Waals surface area contributed by atoms with Crippen LogP contribution in [0.15, 0.2) is 34.9 Å². The van der Waals surface area contributed by atoms with Crippen molar-refractivity contribution in [3.05, 3.63) is 36.0 Å². The van der Waals surface area contributed by atoms with Crippen LogP contribution in [-0.4, -0.2) is 12.3 Å². The van der Waals surface area contributed by atoms with Gasteiger partial charge in [-0.3, -0.25) is 0 Å². The molecule has 16 heavy (non-hydrogen) atoms. The van der Waals surface area contributed by atoms with E-state index in [0.29, 0.717) is 11.5 Å². The lowest BCUT2D eigenvalue weighted by atomic mass is 10.1. The van der Waals surface area contributed by atoms with E-state index in [1.807, 2.05) is 30.3 Å². The van der Waals surface area contributed by atoms with Crippen LogP contribution in [0.2, 0.25) is 0 Å². The number of rotatable bonds is 3. The average Bonchev–Trinajstić information content (AvgIpc) is 2.78. The monoisotopic (exact) mass is 214 g/mol. The van der Waals surface area contributed by atoms with Gasteiger partial charge in [0, 0.05) is 11.6 Å². The molecule has 1 heterocycles. The van der Waals surface area contributed by atoms with Crippen molar-refractivity contribution >= 4 is 0 Å². The van der Waals surface area contributed by atoms with Crippen LogP contribution in [0.5, 0.6) is 5.75 Å². The Hall–Kier alpha value is -2.28. The zero-order valence-electron chi connectivity index (χ0n) is 8.80. The second-order valence-electron chi connectivity index (χ2n) is 3.25. The van der Waals surface area contributed by atoms with Gasteiger partial charge in [0.25, 0.3) is 0 Å². The number of hydrogen-bond acceptors (Lipinski definition) is 4. The molecule has 2 aromatic rings. The summed E-state index contributed by atoms with van der Waals surface area (Å²) in [7, 11) is 1.62. The van der Waals surface area contributed by atoms with E-state index in [4.69, 9.17) is 14.5 Å². The number of nitriles is 1. The third kappa shape index (κ3) is 2.04. The average molecular weight is 214 g/mol. The molecule has 1 aromatic heterocycles. The van der Waals surface area contributed by atoms with E-state index < -0.39 is 0 Å². The molecule has 4 nitrogen and oxygen atoms in total. The maximum atomic E-state index is 8.52. The third-order valence-corrected chi connectivity index (χ3v) is 2.19. The van der Waals surface area contributed by atoms with Gasteiger partial charge in [-0.05, 0) is 24.3 Å². The van der Waals surface area contributed by atoms with Gasteiger partial charge in [-0.15, -0.1) is 0 Å². The highest BCUT2D eigenvalue weighted by Crippen LogP contribution is 2.22. The minimum atomic E-state index is 0.264. The van der Waals surface area contributed by atoms with Gasteiger partial charge in [-0.2, -0.15) is 5.26 Å². The van der Waals surface area contributed by atoms with Crippen LogP contribution in [0.1, 0.15) is 5.69 Å². The van der Waals surface area contributed by atoms with E-state index in [1.54, 1.807) is 13.2 Å². The molecule has 0 spiro atoms. The SMILES string of the molecule is COc1ccc(-c2cc(CC#N)no2)cc1. The topological polar surface area (TPSA) is 59.0 Å². The molecule has 0 atom stereocenters. The molecule has 0 amide bonds. The summed E-state index contributed by atoms with van der Waals surface area (Å²) >= 11 is 0. The minimum Gasteiger partial charge on any atom is -0.497 e. The largest absolute Gasteiger partial charge is 0.497 e. The molecule has 0 saturated heterocycles. The fourth-order valence-corrected chi connectivity index (χ4v) is 1.37. The standard InChI is InChI=1S/C12H10N2O2/c1-15-11-4-2-9(3-5-11)12-8-10(6-7-13)14-16-12/h2-5,8H,6H2,1H3. The number of aromatic nitrogens is 1. The van der Waals surface area contributed by atoms with Crippen molar-refractivity contribution in [2.24, 2.45) is 0 Å². The zero-order valence-corrected chi connectivity index (χ0v) is 8.80. The van der Waals surface area contributed by atoms with Crippen molar-refractivity contribution < 1.29 is 9.26 Å². The molecule has 0 saturated carbocycles. The Morgan fingerprint density at radius 2 is 2.12 bits per heavy atom. The number of benzene rings is 1. The van der Waals surface area contributed by atoms with Crippen LogP contribution >= 0.6 is 0 Å². The minimum absolute atomic E-state index is 0.264. The predicted molar refractivity (Wildman–Crippen MR) is 57.8 cm³/mol. The van der Waals surface area contributed by atoms with Crippen LogP contribution in [0.4, 0.5) is 0 Å². The highest BCUT2D eigenvalue weighted by molar-refractivity contribution is 5.58. The molecule has 1 aromatic carbocycles. The van der Waals surface area contributed by atoms with Gasteiger partial charge in [0.05, 0.1) is 25.3 Å². The smallest absolute Gasteiger partial charge is 0.167 e. The Morgan fingerprint density at radius 3 is 2.75 bits per heavy atom. The Labute approximate surface area is 93.1 Å². The van der Waals surface area contributed by atoms with E-state index >= 15 is 0 Å². The number of ether oxygens (including phenoxy) is 1. The molecule has 0 bridgehead atoms. The first-order valence-corrected chi connectivity index (χ1v) is 4.80. The van der Waals surface area contributed by atoms with Gasteiger partial charge in [-0.1, -0.05) is 5.16 Å². The summed E-state index contributed by atoms with van der Waals surface area (Å²) in [5, 5.41) is 12.3. The van der Waals surface area contributed by atoms with Crippen LogP contribution in [0, 0.1) is 11.3 Å². The Kier molecular flexibility index (Phi) is 2.88. The van der Waals surface area contributed by atoms with E-state index in [1.165, 1.54) is 0 Å². The second kappa shape index (κ2) is 4.49. The molecule has 0 N–H and O–H groups in total. The van der Waals surface area contributed by atoms with E-state index in [9.17, 15) is 0 Å². The van der Waals surface area contributed by atoms with Crippen molar-refractivity contribution in [2.45, 2.75) is 6.42 Å². The first-order chi connectivity index (χ1) is 7.83. The summed E-state index contributed by atoms with van der Waals surface area (Å²) < 4.78 is 10.2. The van der Waals surface area contributed by atoms with Crippen LogP contribution in [0.25, 0.3) is 11.3 Å². The third-order valence-electron chi connectivity index (χ3n) is 2.19. The van der Waals surface area contributed by atoms with E-state index in [2.05, 4.69) is 5.16 Å². The Balaban J connectivity index is 2.25. The van der Waals surface area contributed by atoms with Crippen molar-refractivity contribution in [1.82, 2.24) is 5.16 Å². The molecule has 0 fully saturated rings. The maximum Gasteiger partial charge on any atom is 0.167 e. The van der Waals surface area contributed by atoms with Crippen molar-refractivity contribution in [1.29, 1.82) is 5.26 Å². The molecule has 80 valence electrons. The molecule has 2 rings (SSSR count). The van der Waals surface area contributed by atoms with Crippen LogP contribution in [-0.2, 0) is 6.42 Å². The van der Waals surface area contributed by atoms with Gasteiger partial charge in [-0.25, -0.2) is 0 Å². The van der Waals surface area contributed by atoms with Gasteiger partial charge in [0.1, 0.15) is 5.75 Å². The second-order valence-corrected chi connectivity index (χ2v) is 3.25. The van der Waals surface area contributed by atoms with Crippen molar-refractivity contribution in [3.63, 3.8) is 0 Å². The molecule has 0 aliphatic rings. The lowest BCUT2D eigenvalue weighted by Gasteiger charge is -1.99. The lowest BCUT2D eigenvalue weighted by Crippen LogP contribution is -1.81. The summed E-state index contributed by atoms with van der Waals surface area (Å²) in [5.41, 5.74) is 1.56. The highest BCUT2D eigenvalue weighted by atomic mass is 16.5. The Morgan fingerprint density at radius 1 is 1.38 bits per heavy atom. The van der Waals surface area contributed by atoms with Gasteiger partial charge < -0.3 is 9.26 Å². The summed E-state index contributed by atoms with van der Waals surface area (Å²) in [6.07, 6.45) is 0.264. The fourth-order valence-electron chi connectivity index (χ4n) is 1.37. The molecular formula is C12H10N2O2. The number of hydrogen-bond donors (Lipinski definition) is 0. The molecule has 0 unspecified atom stereocenters. The maximum absolute atomic E-state index is 8.52. The summed E-state index contributed by atoms with van der Waals surface area (Å²) in [6, 6.07) is 11.3. The zero-order chi connectivity index (χ0) is 11.4. The summed E-state index contributed by atoms with van der Waals surface area (Å²) in [5.74, 6) is 1.45. The molecule has 0 radical (unpaired) electrons. The van der Waals surface area contributed by atoms with Gasteiger partial charge in [0.2, 0.25) is 0 Å². The highest BCUT2D eigenvalue weighted by Gasteiger charge is 2.06. The van der Waals surface area contributed by atoms with Crippen molar-refractivity contribution in [2.75, 3.05) is 7.11 Å². The fraction of sp³-hybridized carbons (Fsp3) is 0.167.